The zero-order valence-corrected chi connectivity index (χ0v) is 8.86. The van der Waals surface area contributed by atoms with E-state index in [0.717, 1.165) is 0 Å². The number of hydroxylamine groups is 1. The number of hydrogen-bond acceptors (Lipinski definition) is 3. The highest BCUT2D eigenvalue weighted by Crippen LogP contribution is 2.11. The zero-order chi connectivity index (χ0) is 12.1. The summed E-state index contributed by atoms with van der Waals surface area (Å²) in [6.07, 6.45) is -4.31. The van der Waals surface area contributed by atoms with E-state index in [4.69, 9.17) is 4.84 Å². The van der Waals surface area contributed by atoms with Gasteiger partial charge in [0.15, 0.2) is 0 Å². The van der Waals surface area contributed by atoms with Crippen molar-refractivity contribution in [3.8, 4) is 0 Å². The molecule has 1 amide bonds. The van der Waals surface area contributed by atoms with E-state index in [-0.39, 0.29) is 0 Å². The molecule has 0 bridgehead atoms. The third-order valence-corrected chi connectivity index (χ3v) is 1.08. The average Bonchev–Trinajstić information content (AvgIpc) is 1.97. The lowest BCUT2D eigenvalue weighted by molar-refractivity contribution is -0.146. The molecule has 7 heteroatoms. The van der Waals surface area contributed by atoms with Crippen LogP contribution in [-0.2, 0) is 9.63 Å². The number of hydrogen-bond donors (Lipinski definition) is 2. The van der Waals surface area contributed by atoms with Crippen LogP contribution in [0.15, 0.2) is 0 Å². The minimum absolute atomic E-state index is 0.435. The molecule has 0 aliphatic heterocycles. The summed E-state index contributed by atoms with van der Waals surface area (Å²) in [5.74, 6) is -0.644. The van der Waals surface area contributed by atoms with Crippen molar-refractivity contribution >= 4 is 5.91 Å². The largest absolute Gasteiger partial charge is 0.401 e. The van der Waals surface area contributed by atoms with E-state index in [1.165, 1.54) is 0 Å². The maximum Gasteiger partial charge on any atom is 0.401 e. The summed E-state index contributed by atoms with van der Waals surface area (Å²) in [5.41, 5.74) is 1.47. The Hall–Kier alpha value is -0.820. The third kappa shape index (κ3) is 11.1. The molecule has 0 spiro atoms. The van der Waals surface area contributed by atoms with Gasteiger partial charge in [-0.1, -0.05) is 0 Å². The van der Waals surface area contributed by atoms with Gasteiger partial charge < -0.3 is 5.32 Å². The summed E-state index contributed by atoms with van der Waals surface area (Å²) in [6.45, 7) is 3.48. The van der Waals surface area contributed by atoms with E-state index in [9.17, 15) is 18.0 Å². The first-order valence-electron chi connectivity index (χ1n) is 4.34. The van der Waals surface area contributed by atoms with E-state index in [1.807, 2.05) is 10.8 Å². The van der Waals surface area contributed by atoms with Gasteiger partial charge in [-0.25, -0.2) is 5.48 Å². The first kappa shape index (κ1) is 14.2. The second kappa shape index (κ2) is 5.32. The Morgan fingerprint density at radius 1 is 1.27 bits per heavy atom. The molecule has 0 radical (unpaired) electrons. The molecule has 15 heavy (non-hydrogen) atoms. The van der Waals surface area contributed by atoms with Gasteiger partial charge in [-0.15, -0.1) is 0 Å². The summed E-state index contributed by atoms with van der Waals surface area (Å²) >= 11 is 0. The Balaban J connectivity index is 3.60. The van der Waals surface area contributed by atoms with Crippen LogP contribution in [0, 0.1) is 0 Å². The summed E-state index contributed by atoms with van der Waals surface area (Å²) in [7, 11) is 0. The van der Waals surface area contributed by atoms with Crippen LogP contribution in [0.3, 0.4) is 0 Å². The summed E-state index contributed by atoms with van der Waals surface area (Å²) in [5, 5.41) is 1.94. The van der Waals surface area contributed by atoms with Gasteiger partial charge in [-0.05, 0) is 20.8 Å². The predicted octanol–water partition coefficient (Wildman–Crippen LogP) is 0.985. The van der Waals surface area contributed by atoms with E-state index >= 15 is 0 Å². The molecule has 0 aliphatic carbocycles. The lowest BCUT2D eigenvalue weighted by atomic mass is 10.2. The number of rotatable bonds is 4. The van der Waals surface area contributed by atoms with Crippen LogP contribution < -0.4 is 10.8 Å². The molecule has 0 aromatic rings. The SMILES string of the molecule is CC(C)(C)ONC(=O)CNCC(F)(F)F. The van der Waals surface area contributed by atoms with Crippen LogP contribution in [0.4, 0.5) is 13.2 Å². The Labute approximate surface area is 86.1 Å². The van der Waals surface area contributed by atoms with Crippen molar-refractivity contribution in [2.24, 2.45) is 0 Å². The van der Waals surface area contributed by atoms with Crippen LogP contribution >= 0.6 is 0 Å². The minimum atomic E-state index is -4.31. The topological polar surface area (TPSA) is 50.4 Å². The van der Waals surface area contributed by atoms with Gasteiger partial charge in [0.25, 0.3) is 5.91 Å². The van der Waals surface area contributed by atoms with Gasteiger partial charge >= 0.3 is 6.18 Å². The number of amides is 1. The molecule has 0 heterocycles. The van der Waals surface area contributed by atoms with Crippen molar-refractivity contribution < 1.29 is 22.8 Å². The Bertz CT molecular complexity index is 211. The van der Waals surface area contributed by atoms with Gasteiger partial charge in [0.05, 0.1) is 18.7 Å². The van der Waals surface area contributed by atoms with Crippen molar-refractivity contribution in [1.29, 1.82) is 0 Å². The van der Waals surface area contributed by atoms with Crippen molar-refractivity contribution in [2.75, 3.05) is 13.1 Å². The maximum atomic E-state index is 11.7. The van der Waals surface area contributed by atoms with Gasteiger partial charge in [-0.2, -0.15) is 13.2 Å². The molecular weight excluding hydrogens is 213 g/mol. The quantitative estimate of drug-likeness (QED) is 0.705. The molecule has 0 fully saturated rings. The van der Waals surface area contributed by atoms with E-state index in [1.54, 1.807) is 20.8 Å². The highest BCUT2D eigenvalue weighted by atomic mass is 19.4. The van der Waals surface area contributed by atoms with Crippen molar-refractivity contribution in [1.82, 2.24) is 10.8 Å². The molecule has 0 aromatic carbocycles. The molecule has 0 saturated heterocycles. The molecule has 0 rings (SSSR count). The van der Waals surface area contributed by atoms with Gasteiger partial charge in [0, 0.05) is 0 Å². The molecule has 0 unspecified atom stereocenters. The normalized spacial score (nSPS) is 12.7. The second-order valence-corrected chi connectivity index (χ2v) is 3.96. The van der Waals surface area contributed by atoms with Crippen molar-refractivity contribution in [3.05, 3.63) is 0 Å². The van der Waals surface area contributed by atoms with Crippen LogP contribution in [0.1, 0.15) is 20.8 Å². The minimum Gasteiger partial charge on any atom is -0.300 e. The number of nitrogens with one attached hydrogen (secondary N) is 2. The summed E-state index contributed by atoms with van der Waals surface area (Å²) < 4.78 is 35.0. The molecule has 0 atom stereocenters. The van der Waals surface area contributed by atoms with Gasteiger partial charge in [0.2, 0.25) is 0 Å². The lowest BCUT2D eigenvalue weighted by Crippen LogP contribution is -2.41. The van der Waals surface area contributed by atoms with Crippen molar-refractivity contribution in [3.63, 3.8) is 0 Å². The predicted molar refractivity (Wildman–Crippen MR) is 47.9 cm³/mol. The highest BCUT2D eigenvalue weighted by Gasteiger charge is 2.26. The Kier molecular flexibility index (Phi) is 5.02. The lowest BCUT2D eigenvalue weighted by Gasteiger charge is -2.19. The van der Waals surface area contributed by atoms with Gasteiger partial charge in [-0.3, -0.25) is 9.63 Å². The number of carbonyl (C=O) groups is 1. The van der Waals surface area contributed by atoms with Crippen LogP contribution in [-0.4, -0.2) is 30.8 Å². The monoisotopic (exact) mass is 228 g/mol. The molecule has 2 N–H and O–H groups in total. The van der Waals surface area contributed by atoms with Gasteiger partial charge in [0.1, 0.15) is 0 Å². The number of carbonyl (C=O) groups excluding carboxylic acids is 1. The number of alkyl halides is 3. The molecule has 90 valence electrons. The third-order valence-electron chi connectivity index (χ3n) is 1.08. The Morgan fingerprint density at radius 3 is 2.20 bits per heavy atom. The summed E-state index contributed by atoms with van der Waals surface area (Å²) in [6, 6.07) is 0. The van der Waals surface area contributed by atoms with Crippen LogP contribution in [0.2, 0.25) is 0 Å². The van der Waals surface area contributed by atoms with E-state index in [2.05, 4.69) is 0 Å². The summed E-state index contributed by atoms with van der Waals surface area (Å²) in [4.78, 5) is 15.8. The molecule has 0 aromatic heterocycles. The van der Waals surface area contributed by atoms with E-state index < -0.39 is 30.8 Å². The standard InChI is InChI=1S/C8H15F3N2O2/c1-7(2,3)15-13-6(14)4-12-5-8(9,10)11/h12H,4-5H2,1-3H3,(H,13,14). The fraction of sp³-hybridized carbons (Fsp3) is 0.875. The number of halogens is 3. The Morgan fingerprint density at radius 2 is 1.80 bits per heavy atom. The highest BCUT2D eigenvalue weighted by molar-refractivity contribution is 5.76. The fourth-order valence-electron chi connectivity index (χ4n) is 0.564. The fourth-order valence-corrected chi connectivity index (χ4v) is 0.564. The zero-order valence-electron chi connectivity index (χ0n) is 8.86. The smallest absolute Gasteiger partial charge is 0.300 e. The van der Waals surface area contributed by atoms with Crippen LogP contribution in [0.5, 0.6) is 0 Å². The maximum absolute atomic E-state index is 11.7. The second-order valence-electron chi connectivity index (χ2n) is 3.96. The van der Waals surface area contributed by atoms with Crippen molar-refractivity contribution in [2.45, 2.75) is 32.5 Å². The average molecular weight is 228 g/mol. The first-order chi connectivity index (χ1) is 6.60. The molecule has 0 saturated carbocycles. The molecular formula is C8H15F3N2O2. The first-order valence-corrected chi connectivity index (χ1v) is 4.34. The molecule has 0 aliphatic rings. The molecule has 4 nitrogen and oxygen atoms in total. The van der Waals surface area contributed by atoms with Crippen LogP contribution in [0.25, 0.3) is 0 Å². The van der Waals surface area contributed by atoms with E-state index in [0.29, 0.717) is 0 Å².